The summed E-state index contributed by atoms with van der Waals surface area (Å²) in [4.78, 5) is 11.4. The van der Waals surface area contributed by atoms with Gasteiger partial charge in [-0.25, -0.2) is 4.79 Å². The molecule has 0 aliphatic heterocycles. The molecule has 0 radical (unpaired) electrons. The average molecular weight is 205 g/mol. The van der Waals surface area contributed by atoms with Crippen molar-refractivity contribution >= 4 is 5.97 Å². The van der Waals surface area contributed by atoms with Gasteiger partial charge in [-0.2, -0.15) is 0 Å². The Morgan fingerprint density at radius 2 is 2.07 bits per heavy atom. The van der Waals surface area contributed by atoms with E-state index in [1.54, 1.807) is 12.1 Å². The normalized spacial score (nSPS) is 10.5. The van der Waals surface area contributed by atoms with Gasteiger partial charge in [-0.1, -0.05) is 24.3 Å². The van der Waals surface area contributed by atoms with Gasteiger partial charge in [-0.3, -0.25) is 0 Å². The van der Waals surface area contributed by atoms with Crippen LogP contribution in [0.15, 0.2) is 42.5 Å². The minimum Gasteiger partial charge on any atom is -0.458 e. The molecule has 0 atom stereocenters. The summed E-state index contributed by atoms with van der Waals surface area (Å²) in [6.07, 6.45) is 3.73. The number of likely N-dealkylation sites (N-methyl/N-ethyl adjacent to an activating group) is 1. The molecule has 80 valence electrons. The van der Waals surface area contributed by atoms with Gasteiger partial charge in [0.15, 0.2) is 0 Å². The van der Waals surface area contributed by atoms with Gasteiger partial charge in [0, 0.05) is 6.54 Å². The number of nitrogens with one attached hydrogen (secondary N) is 1. The number of ether oxygens (including phenoxy) is 1. The zero-order valence-electron chi connectivity index (χ0n) is 8.77. The number of esters is 1. The second-order valence-electron chi connectivity index (χ2n) is 2.99. The predicted molar refractivity (Wildman–Crippen MR) is 59.8 cm³/mol. The smallest absolute Gasteiger partial charge is 0.338 e. The summed E-state index contributed by atoms with van der Waals surface area (Å²) in [6.45, 7) is 1.10. The summed E-state index contributed by atoms with van der Waals surface area (Å²) < 4.78 is 5.02. The average Bonchev–Trinajstić information content (AvgIpc) is 2.30. The van der Waals surface area contributed by atoms with Gasteiger partial charge in [-0.05, 0) is 25.3 Å². The highest BCUT2D eigenvalue weighted by Gasteiger charge is 2.03. The van der Waals surface area contributed by atoms with Crippen LogP contribution >= 0.6 is 0 Å². The van der Waals surface area contributed by atoms with Crippen LogP contribution in [-0.4, -0.2) is 26.2 Å². The largest absolute Gasteiger partial charge is 0.458 e. The van der Waals surface area contributed by atoms with Crippen molar-refractivity contribution in [3.05, 3.63) is 48.0 Å². The maximum atomic E-state index is 11.4. The van der Waals surface area contributed by atoms with Crippen LogP contribution in [-0.2, 0) is 4.74 Å². The number of carbonyl (C=O) groups is 1. The van der Waals surface area contributed by atoms with Crippen LogP contribution in [0.25, 0.3) is 0 Å². The van der Waals surface area contributed by atoms with Crippen LogP contribution in [0.5, 0.6) is 0 Å². The SMILES string of the molecule is CNC/C=C\COC(=O)c1ccccc1. The minimum atomic E-state index is -0.287. The van der Waals surface area contributed by atoms with Gasteiger partial charge in [0.25, 0.3) is 0 Å². The fourth-order valence-electron chi connectivity index (χ4n) is 1.05. The molecule has 0 spiro atoms. The summed E-state index contributed by atoms with van der Waals surface area (Å²) in [6, 6.07) is 8.96. The number of hydrogen-bond donors (Lipinski definition) is 1. The summed E-state index contributed by atoms with van der Waals surface area (Å²) >= 11 is 0. The maximum Gasteiger partial charge on any atom is 0.338 e. The molecule has 0 heterocycles. The lowest BCUT2D eigenvalue weighted by Gasteiger charge is -2.00. The Hall–Kier alpha value is -1.61. The summed E-state index contributed by atoms with van der Waals surface area (Å²) in [5.74, 6) is -0.287. The first kappa shape index (κ1) is 11.5. The molecule has 1 N–H and O–H groups in total. The molecular weight excluding hydrogens is 190 g/mol. The van der Waals surface area contributed by atoms with Crippen molar-refractivity contribution in [2.45, 2.75) is 0 Å². The molecule has 0 unspecified atom stereocenters. The first-order chi connectivity index (χ1) is 7.34. The highest BCUT2D eigenvalue weighted by Crippen LogP contribution is 2.00. The van der Waals surface area contributed by atoms with Crippen molar-refractivity contribution in [1.82, 2.24) is 5.32 Å². The van der Waals surface area contributed by atoms with Crippen LogP contribution in [0.3, 0.4) is 0 Å². The molecule has 0 aliphatic carbocycles. The zero-order chi connectivity index (χ0) is 10.9. The first-order valence-corrected chi connectivity index (χ1v) is 4.86. The number of hydrogen-bond acceptors (Lipinski definition) is 3. The molecule has 15 heavy (non-hydrogen) atoms. The Labute approximate surface area is 89.8 Å². The molecule has 3 nitrogen and oxygen atoms in total. The third-order valence-corrected chi connectivity index (χ3v) is 1.81. The van der Waals surface area contributed by atoms with Crippen molar-refractivity contribution in [3.8, 4) is 0 Å². The molecule has 0 aliphatic rings. The highest BCUT2D eigenvalue weighted by molar-refractivity contribution is 5.89. The van der Waals surface area contributed by atoms with Crippen molar-refractivity contribution in [3.63, 3.8) is 0 Å². The van der Waals surface area contributed by atoms with Gasteiger partial charge >= 0.3 is 5.97 Å². The standard InChI is InChI=1S/C12H15NO2/c1-13-9-5-6-10-15-12(14)11-7-3-2-4-8-11/h2-8,13H,9-10H2,1H3/b6-5-. The second kappa shape index (κ2) is 6.79. The lowest BCUT2D eigenvalue weighted by molar-refractivity contribution is 0.0549. The van der Waals surface area contributed by atoms with E-state index >= 15 is 0 Å². The van der Waals surface area contributed by atoms with E-state index in [1.165, 1.54) is 0 Å². The van der Waals surface area contributed by atoms with Gasteiger partial charge in [0.1, 0.15) is 6.61 Å². The summed E-state index contributed by atoms with van der Waals surface area (Å²) in [5.41, 5.74) is 0.583. The van der Waals surface area contributed by atoms with Crippen LogP contribution in [0, 0.1) is 0 Å². The van der Waals surface area contributed by atoms with Gasteiger partial charge in [-0.15, -0.1) is 0 Å². The van der Waals surface area contributed by atoms with Crippen LogP contribution < -0.4 is 5.32 Å². The van der Waals surface area contributed by atoms with Gasteiger partial charge < -0.3 is 10.1 Å². The van der Waals surface area contributed by atoms with E-state index in [2.05, 4.69) is 5.32 Å². The summed E-state index contributed by atoms with van der Waals surface area (Å²) in [7, 11) is 1.86. The Balaban J connectivity index is 2.31. The first-order valence-electron chi connectivity index (χ1n) is 4.86. The fraction of sp³-hybridized carbons (Fsp3) is 0.250. The van der Waals surface area contributed by atoms with Gasteiger partial charge in [0.05, 0.1) is 5.56 Å². The molecule has 0 bridgehead atoms. The quantitative estimate of drug-likeness (QED) is 0.586. The zero-order valence-corrected chi connectivity index (χ0v) is 8.77. The minimum absolute atomic E-state index is 0.287. The molecule has 0 fully saturated rings. The molecule has 0 saturated heterocycles. The molecule has 0 saturated carbocycles. The van der Waals surface area contributed by atoms with E-state index in [1.807, 2.05) is 37.4 Å². The molecular formula is C12H15NO2. The molecule has 1 rings (SSSR count). The molecule has 0 amide bonds. The van der Waals surface area contributed by atoms with E-state index in [9.17, 15) is 4.79 Å². The Morgan fingerprint density at radius 1 is 1.33 bits per heavy atom. The third kappa shape index (κ3) is 4.42. The number of benzene rings is 1. The molecule has 3 heteroatoms. The van der Waals surface area contributed by atoms with E-state index < -0.39 is 0 Å². The van der Waals surface area contributed by atoms with E-state index in [0.29, 0.717) is 12.2 Å². The van der Waals surface area contributed by atoms with Crippen LogP contribution in [0.4, 0.5) is 0 Å². The Kier molecular flexibility index (Phi) is 5.19. The number of rotatable bonds is 5. The lowest BCUT2D eigenvalue weighted by atomic mass is 10.2. The predicted octanol–water partition coefficient (Wildman–Crippen LogP) is 1.62. The lowest BCUT2D eigenvalue weighted by Crippen LogP contribution is -2.06. The molecule has 1 aromatic carbocycles. The fourth-order valence-corrected chi connectivity index (χ4v) is 1.05. The van der Waals surface area contributed by atoms with E-state index in [0.717, 1.165) is 6.54 Å². The van der Waals surface area contributed by atoms with Crippen LogP contribution in [0.2, 0.25) is 0 Å². The highest BCUT2D eigenvalue weighted by atomic mass is 16.5. The van der Waals surface area contributed by atoms with Crippen molar-refractivity contribution < 1.29 is 9.53 Å². The Morgan fingerprint density at radius 3 is 2.73 bits per heavy atom. The summed E-state index contributed by atoms with van der Waals surface area (Å²) in [5, 5.41) is 2.96. The molecule has 1 aromatic rings. The monoisotopic (exact) mass is 205 g/mol. The second-order valence-corrected chi connectivity index (χ2v) is 2.99. The Bertz CT molecular complexity index is 320. The molecule has 0 aromatic heterocycles. The third-order valence-electron chi connectivity index (χ3n) is 1.81. The van der Waals surface area contributed by atoms with Crippen molar-refractivity contribution in [2.75, 3.05) is 20.2 Å². The van der Waals surface area contributed by atoms with Crippen molar-refractivity contribution in [1.29, 1.82) is 0 Å². The van der Waals surface area contributed by atoms with E-state index in [-0.39, 0.29) is 5.97 Å². The van der Waals surface area contributed by atoms with Crippen molar-refractivity contribution in [2.24, 2.45) is 0 Å². The van der Waals surface area contributed by atoms with E-state index in [4.69, 9.17) is 4.74 Å². The topological polar surface area (TPSA) is 38.3 Å². The number of carbonyl (C=O) groups excluding carboxylic acids is 1. The maximum absolute atomic E-state index is 11.4. The van der Waals surface area contributed by atoms with Crippen LogP contribution in [0.1, 0.15) is 10.4 Å². The van der Waals surface area contributed by atoms with Gasteiger partial charge in [0.2, 0.25) is 0 Å².